The van der Waals surface area contributed by atoms with Crippen LogP contribution >= 0.6 is 0 Å². The second-order valence-electron chi connectivity index (χ2n) is 3.96. The van der Waals surface area contributed by atoms with Crippen molar-refractivity contribution in [3.63, 3.8) is 0 Å². The van der Waals surface area contributed by atoms with Gasteiger partial charge in [0.15, 0.2) is 0 Å². The minimum Gasteiger partial charge on any atom is -0.374 e. The molecule has 0 amide bonds. The second kappa shape index (κ2) is 5.26. The normalized spacial score (nSPS) is 17.7. The fourth-order valence-corrected chi connectivity index (χ4v) is 1.83. The lowest BCUT2D eigenvalue weighted by Gasteiger charge is -2.38. The van der Waals surface area contributed by atoms with E-state index in [0.717, 1.165) is 19.6 Å². The molecule has 1 aliphatic rings. The van der Waals surface area contributed by atoms with Crippen LogP contribution in [0, 0.1) is 0 Å². The fourth-order valence-electron chi connectivity index (χ4n) is 1.83. The molecule has 1 heterocycles. The van der Waals surface area contributed by atoms with Crippen molar-refractivity contribution >= 4 is 0 Å². The van der Waals surface area contributed by atoms with Crippen molar-refractivity contribution in [2.45, 2.75) is 12.6 Å². The largest absolute Gasteiger partial charge is 0.374 e. The Hall–Kier alpha value is -0.900. The van der Waals surface area contributed by atoms with Crippen LogP contribution in [-0.2, 0) is 11.3 Å². The summed E-state index contributed by atoms with van der Waals surface area (Å²) >= 11 is 0. The third-order valence-corrected chi connectivity index (χ3v) is 2.64. The van der Waals surface area contributed by atoms with Crippen LogP contribution in [0.5, 0.6) is 0 Å². The molecular formula is C12H18N2O. The molecular weight excluding hydrogens is 188 g/mol. The highest BCUT2D eigenvalue weighted by Gasteiger charge is 2.26. The number of nitrogens with zero attached hydrogens (tertiary/aromatic N) is 1. The summed E-state index contributed by atoms with van der Waals surface area (Å²) in [6.45, 7) is 4.41. The van der Waals surface area contributed by atoms with Gasteiger partial charge in [-0.05, 0) is 5.56 Å². The molecule has 15 heavy (non-hydrogen) atoms. The lowest BCUT2D eigenvalue weighted by molar-refractivity contribution is -0.0549. The van der Waals surface area contributed by atoms with E-state index >= 15 is 0 Å². The predicted molar refractivity (Wildman–Crippen MR) is 60.5 cm³/mol. The molecule has 1 aliphatic heterocycles. The van der Waals surface area contributed by atoms with Crippen molar-refractivity contribution in [3.05, 3.63) is 35.9 Å². The Labute approximate surface area is 90.8 Å². The van der Waals surface area contributed by atoms with E-state index in [9.17, 15) is 0 Å². The summed E-state index contributed by atoms with van der Waals surface area (Å²) in [5.74, 6) is 0. The number of likely N-dealkylation sites (tertiary alicyclic amines) is 1. The molecule has 1 fully saturated rings. The van der Waals surface area contributed by atoms with Crippen LogP contribution in [-0.4, -0.2) is 37.2 Å². The molecule has 0 unspecified atom stereocenters. The summed E-state index contributed by atoms with van der Waals surface area (Å²) in [6.07, 6.45) is 0.400. The Kier molecular flexibility index (Phi) is 3.72. The van der Waals surface area contributed by atoms with Crippen LogP contribution in [0.25, 0.3) is 0 Å². The summed E-state index contributed by atoms with van der Waals surface area (Å²) in [5, 5.41) is 0. The van der Waals surface area contributed by atoms with Gasteiger partial charge in [0.2, 0.25) is 0 Å². The van der Waals surface area contributed by atoms with E-state index < -0.39 is 0 Å². The number of benzene rings is 1. The van der Waals surface area contributed by atoms with E-state index in [1.807, 2.05) is 6.07 Å². The summed E-state index contributed by atoms with van der Waals surface area (Å²) in [7, 11) is 0. The van der Waals surface area contributed by atoms with E-state index in [2.05, 4.69) is 29.2 Å². The van der Waals surface area contributed by atoms with Gasteiger partial charge in [-0.2, -0.15) is 0 Å². The second-order valence-corrected chi connectivity index (χ2v) is 3.96. The first-order valence-corrected chi connectivity index (χ1v) is 5.46. The number of ether oxygens (including phenoxy) is 1. The van der Waals surface area contributed by atoms with Crippen LogP contribution in [0.1, 0.15) is 5.56 Å². The molecule has 0 aliphatic carbocycles. The van der Waals surface area contributed by atoms with Crippen molar-refractivity contribution in [1.82, 2.24) is 4.90 Å². The third kappa shape index (κ3) is 3.02. The number of nitrogens with two attached hydrogens (primary N) is 1. The molecule has 1 aromatic rings. The molecule has 3 heteroatoms. The smallest absolute Gasteiger partial charge is 0.0829 e. The summed E-state index contributed by atoms with van der Waals surface area (Å²) < 4.78 is 5.53. The monoisotopic (exact) mass is 206 g/mol. The minimum absolute atomic E-state index is 0.400. The molecule has 82 valence electrons. The maximum absolute atomic E-state index is 5.53. The Morgan fingerprint density at radius 1 is 1.27 bits per heavy atom. The van der Waals surface area contributed by atoms with Crippen molar-refractivity contribution < 1.29 is 4.74 Å². The third-order valence-electron chi connectivity index (χ3n) is 2.64. The molecule has 0 saturated carbocycles. The van der Waals surface area contributed by atoms with Gasteiger partial charge in [0, 0.05) is 26.2 Å². The van der Waals surface area contributed by atoms with E-state index in [1.54, 1.807) is 0 Å². The average molecular weight is 206 g/mol. The van der Waals surface area contributed by atoms with Gasteiger partial charge in [0.05, 0.1) is 12.7 Å². The van der Waals surface area contributed by atoms with E-state index in [1.165, 1.54) is 5.56 Å². The Morgan fingerprint density at radius 2 is 2.00 bits per heavy atom. The molecule has 0 atom stereocenters. The van der Waals surface area contributed by atoms with Gasteiger partial charge in [-0.15, -0.1) is 0 Å². The Bertz CT molecular complexity index is 283. The molecule has 0 aromatic heterocycles. The molecule has 3 nitrogen and oxygen atoms in total. The molecule has 1 saturated heterocycles. The standard InChI is InChI=1S/C12H18N2O/c13-6-7-15-12-9-14(10-12)8-11-4-2-1-3-5-11/h1-5,12H,6-10,13H2. The zero-order chi connectivity index (χ0) is 10.5. The molecule has 2 rings (SSSR count). The Balaban J connectivity index is 1.68. The van der Waals surface area contributed by atoms with Gasteiger partial charge >= 0.3 is 0 Å². The Morgan fingerprint density at radius 3 is 2.67 bits per heavy atom. The molecule has 0 radical (unpaired) electrons. The van der Waals surface area contributed by atoms with Crippen molar-refractivity contribution in [3.8, 4) is 0 Å². The lowest BCUT2D eigenvalue weighted by Crippen LogP contribution is -2.51. The average Bonchev–Trinajstić information content (AvgIpc) is 2.23. The van der Waals surface area contributed by atoms with Crippen molar-refractivity contribution in [2.24, 2.45) is 5.73 Å². The zero-order valence-electron chi connectivity index (χ0n) is 8.93. The number of hydrogen-bond donors (Lipinski definition) is 1. The van der Waals surface area contributed by atoms with Crippen LogP contribution in [0.15, 0.2) is 30.3 Å². The van der Waals surface area contributed by atoms with Gasteiger partial charge in [0.25, 0.3) is 0 Å². The summed E-state index contributed by atoms with van der Waals surface area (Å²) in [4.78, 5) is 2.39. The number of rotatable bonds is 5. The molecule has 0 bridgehead atoms. The van der Waals surface area contributed by atoms with Crippen molar-refractivity contribution in [1.29, 1.82) is 0 Å². The van der Waals surface area contributed by atoms with Gasteiger partial charge in [-0.1, -0.05) is 30.3 Å². The van der Waals surface area contributed by atoms with Crippen LogP contribution < -0.4 is 5.73 Å². The molecule has 0 spiro atoms. The topological polar surface area (TPSA) is 38.5 Å². The van der Waals surface area contributed by atoms with Gasteiger partial charge in [-0.3, -0.25) is 4.90 Å². The molecule has 2 N–H and O–H groups in total. The van der Waals surface area contributed by atoms with Crippen LogP contribution in [0.4, 0.5) is 0 Å². The van der Waals surface area contributed by atoms with E-state index in [4.69, 9.17) is 10.5 Å². The molecule has 1 aromatic carbocycles. The lowest BCUT2D eigenvalue weighted by atomic mass is 10.1. The maximum atomic E-state index is 5.53. The van der Waals surface area contributed by atoms with Crippen LogP contribution in [0.2, 0.25) is 0 Å². The van der Waals surface area contributed by atoms with Gasteiger partial charge in [-0.25, -0.2) is 0 Å². The van der Waals surface area contributed by atoms with Crippen molar-refractivity contribution in [2.75, 3.05) is 26.2 Å². The quantitative estimate of drug-likeness (QED) is 0.776. The van der Waals surface area contributed by atoms with Crippen LogP contribution in [0.3, 0.4) is 0 Å². The SMILES string of the molecule is NCCOC1CN(Cc2ccccc2)C1. The fraction of sp³-hybridized carbons (Fsp3) is 0.500. The van der Waals surface area contributed by atoms with Gasteiger partial charge < -0.3 is 10.5 Å². The summed E-state index contributed by atoms with van der Waals surface area (Å²) in [5.41, 5.74) is 6.75. The highest BCUT2D eigenvalue weighted by atomic mass is 16.5. The minimum atomic E-state index is 0.400. The first kappa shape index (κ1) is 10.6. The highest BCUT2D eigenvalue weighted by Crippen LogP contribution is 2.15. The highest BCUT2D eigenvalue weighted by molar-refractivity contribution is 5.14. The predicted octanol–water partition coefficient (Wildman–Crippen LogP) is 0.846. The van der Waals surface area contributed by atoms with E-state index in [-0.39, 0.29) is 0 Å². The first-order valence-electron chi connectivity index (χ1n) is 5.46. The zero-order valence-corrected chi connectivity index (χ0v) is 8.93. The van der Waals surface area contributed by atoms with Gasteiger partial charge in [0.1, 0.15) is 0 Å². The van der Waals surface area contributed by atoms with E-state index in [0.29, 0.717) is 19.3 Å². The summed E-state index contributed by atoms with van der Waals surface area (Å²) in [6, 6.07) is 10.5. The maximum Gasteiger partial charge on any atom is 0.0829 e. The first-order chi connectivity index (χ1) is 7.38. The number of hydrogen-bond acceptors (Lipinski definition) is 3.